The zero-order valence-corrected chi connectivity index (χ0v) is 18.1. The second-order valence-corrected chi connectivity index (χ2v) is 8.27. The normalized spacial score (nSPS) is 18.7. The fraction of sp³-hybridized carbons (Fsp3) is 0.292. The van der Waals surface area contributed by atoms with Crippen LogP contribution in [-0.4, -0.2) is 75.8 Å². The number of hydrogen-bond donors (Lipinski definition) is 3. The first-order valence-electron chi connectivity index (χ1n) is 10.9. The number of aliphatic imine (C=N–C) groups is 1. The van der Waals surface area contributed by atoms with E-state index in [-0.39, 0.29) is 11.9 Å². The maximum atomic E-state index is 10.5. The van der Waals surface area contributed by atoms with Crippen molar-refractivity contribution >= 4 is 29.6 Å². The van der Waals surface area contributed by atoms with Crippen molar-refractivity contribution in [3.05, 3.63) is 65.5 Å². The molecule has 5 rings (SSSR count). The Morgan fingerprint density at radius 2 is 1.94 bits per heavy atom. The minimum atomic E-state index is -0.0443. The van der Waals surface area contributed by atoms with Crippen LogP contribution in [0, 0.1) is 0 Å². The van der Waals surface area contributed by atoms with Gasteiger partial charge in [0, 0.05) is 56.3 Å². The first-order chi connectivity index (χ1) is 15.7. The molecule has 32 heavy (non-hydrogen) atoms. The number of pyridine rings is 1. The molecule has 164 valence electrons. The molecule has 2 aliphatic rings. The number of anilines is 1. The number of imidazole rings is 1. The van der Waals surface area contributed by atoms with Gasteiger partial charge in [0.15, 0.2) is 5.82 Å². The van der Waals surface area contributed by atoms with Crippen LogP contribution in [-0.2, 0) is 0 Å². The first-order valence-corrected chi connectivity index (χ1v) is 10.9. The van der Waals surface area contributed by atoms with Gasteiger partial charge < -0.3 is 20.3 Å². The van der Waals surface area contributed by atoms with Crippen molar-refractivity contribution in [2.45, 2.75) is 6.04 Å². The summed E-state index contributed by atoms with van der Waals surface area (Å²) < 4.78 is 0. The molecule has 0 bridgehead atoms. The lowest BCUT2D eigenvalue weighted by Crippen LogP contribution is -2.46. The molecule has 0 radical (unpaired) electrons. The van der Waals surface area contributed by atoms with Gasteiger partial charge in [-0.1, -0.05) is 30.3 Å². The van der Waals surface area contributed by atoms with Crippen molar-refractivity contribution in [2.75, 3.05) is 45.1 Å². The van der Waals surface area contributed by atoms with E-state index < -0.39 is 0 Å². The van der Waals surface area contributed by atoms with Gasteiger partial charge >= 0.3 is 0 Å². The van der Waals surface area contributed by atoms with E-state index in [1.807, 2.05) is 36.4 Å². The predicted octanol–water partition coefficient (Wildman–Crippen LogP) is 3.17. The third-order valence-electron chi connectivity index (χ3n) is 5.98. The molecule has 3 N–H and O–H groups in total. The number of aromatic nitrogens is 3. The van der Waals surface area contributed by atoms with Crippen molar-refractivity contribution in [1.29, 1.82) is 0 Å². The van der Waals surface area contributed by atoms with Crippen LogP contribution in [0.1, 0.15) is 22.9 Å². The smallest absolute Gasteiger partial charge is 0.238 e. The standard InChI is InChI=1S/C24H27N7O/c1-30-10-12-31(13-11-30)16-21(17-6-3-2-4-7-17)28-24-27-20(23(32)29-24)14-18-15-26-22-19(18)8-5-9-25-22/h2-9,14-15,21,32H,10-13,16H2,1H3,(H2,27,28,29)/t21-/m1/s1. The number of piperazine rings is 1. The highest BCUT2D eigenvalue weighted by molar-refractivity contribution is 6.20. The highest BCUT2D eigenvalue weighted by Crippen LogP contribution is 2.32. The molecule has 1 aromatic carbocycles. The Bertz CT molecular complexity index is 1130. The Morgan fingerprint density at radius 3 is 2.75 bits per heavy atom. The number of allylic oxidation sites excluding steroid dienone is 1. The van der Waals surface area contributed by atoms with Crippen molar-refractivity contribution < 1.29 is 5.11 Å². The van der Waals surface area contributed by atoms with Gasteiger partial charge in [0.2, 0.25) is 11.8 Å². The van der Waals surface area contributed by atoms with Gasteiger partial charge in [-0.15, -0.1) is 0 Å². The number of likely N-dealkylation sites (N-methyl/N-ethyl adjacent to an activating group) is 1. The zero-order valence-electron chi connectivity index (χ0n) is 18.1. The van der Waals surface area contributed by atoms with Crippen molar-refractivity contribution in [3.8, 4) is 5.88 Å². The average molecular weight is 430 g/mol. The number of rotatable bonds is 6. The van der Waals surface area contributed by atoms with E-state index >= 15 is 0 Å². The van der Waals surface area contributed by atoms with Crippen molar-refractivity contribution in [3.63, 3.8) is 0 Å². The Morgan fingerprint density at radius 1 is 1.12 bits per heavy atom. The SMILES string of the molecule is CN1CCN(C[C@@H](Nc2nc(O)c(C=C3C=Nc4ncccc43)[nH]2)c2ccccc2)CC1. The largest absolute Gasteiger partial charge is 0.492 e. The van der Waals surface area contributed by atoms with Gasteiger partial charge in [-0.25, -0.2) is 9.98 Å². The molecule has 8 heteroatoms. The second kappa shape index (κ2) is 8.94. The van der Waals surface area contributed by atoms with E-state index in [9.17, 15) is 5.11 Å². The fourth-order valence-electron chi connectivity index (χ4n) is 4.12. The number of aromatic hydroxyl groups is 1. The quantitative estimate of drug-likeness (QED) is 0.557. The average Bonchev–Trinajstić information content (AvgIpc) is 3.38. The van der Waals surface area contributed by atoms with Gasteiger partial charge in [0.25, 0.3) is 0 Å². The molecule has 0 spiro atoms. The van der Waals surface area contributed by atoms with Crippen LogP contribution in [0.3, 0.4) is 0 Å². The fourth-order valence-corrected chi connectivity index (χ4v) is 4.12. The molecule has 0 aliphatic carbocycles. The first kappa shape index (κ1) is 20.4. The molecular weight excluding hydrogens is 402 g/mol. The molecule has 0 unspecified atom stereocenters. The summed E-state index contributed by atoms with van der Waals surface area (Å²) in [7, 11) is 2.16. The molecule has 4 heterocycles. The molecule has 8 nitrogen and oxygen atoms in total. The Balaban J connectivity index is 1.36. The molecule has 2 aromatic heterocycles. The lowest BCUT2D eigenvalue weighted by atomic mass is 10.1. The van der Waals surface area contributed by atoms with E-state index in [2.05, 4.69) is 54.2 Å². The summed E-state index contributed by atoms with van der Waals surface area (Å²) in [6.45, 7) is 5.07. The van der Waals surface area contributed by atoms with Gasteiger partial charge in [-0.3, -0.25) is 4.90 Å². The lowest BCUT2D eigenvalue weighted by Gasteiger charge is -2.35. The Kier molecular flexibility index (Phi) is 5.70. The zero-order chi connectivity index (χ0) is 21.9. The van der Waals surface area contributed by atoms with Crippen molar-refractivity contribution in [1.82, 2.24) is 24.8 Å². The number of hydrogen-bond acceptors (Lipinski definition) is 7. The molecule has 1 fully saturated rings. The highest BCUT2D eigenvalue weighted by Gasteiger charge is 2.21. The van der Waals surface area contributed by atoms with E-state index in [1.165, 1.54) is 5.56 Å². The van der Waals surface area contributed by atoms with Gasteiger partial charge in [-0.2, -0.15) is 4.98 Å². The lowest BCUT2D eigenvalue weighted by molar-refractivity contribution is 0.149. The maximum Gasteiger partial charge on any atom is 0.238 e. The summed E-state index contributed by atoms with van der Waals surface area (Å²) in [6, 6.07) is 14.3. The number of H-pyrrole nitrogens is 1. The molecule has 0 amide bonds. The Labute approximate surface area is 187 Å². The molecule has 1 atom stereocenters. The van der Waals surface area contributed by atoms with Crippen LogP contribution in [0.5, 0.6) is 5.88 Å². The maximum absolute atomic E-state index is 10.5. The summed E-state index contributed by atoms with van der Waals surface area (Å²) in [5.41, 5.74) is 3.55. The summed E-state index contributed by atoms with van der Waals surface area (Å²) >= 11 is 0. The number of fused-ring (bicyclic) bond motifs is 1. The monoisotopic (exact) mass is 429 g/mol. The predicted molar refractivity (Wildman–Crippen MR) is 127 cm³/mol. The summed E-state index contributed by atoms with van der Waals surface area (Å²) in [4.78, 5) is 21.0. The van der Waals surface area contributed by atoms with Crippen molar-refractivity contribution in [2.24, 2.45) is 4.99 Å². The van der Waals surface area contributed by atoms with Gasteiger partial charge in [0.05, 0.1) is 6.04 Å². The summed E-state index contributed by atoms with van der Waals surface area (Å²) in [6.07, 6.45) is 5.33. The highest BCUT2D eigenvalue weighted by atomic mass is 16.3. The summed E-state index contributed by atoms with van der Waals surface area (Å²) in [5, 5.41) is 14.0. The van der Waals surface area contributed by atoms with Crippen LogP contribution >= 0.6 is 0 Å². The van der Waals surface area contributed by atoms with E-state index in [0.717, 1.165) is 43.9 Å². The topological polar surface area (TPSA) is 92.7 Å². The minimum absolute atomic E-state index is 0.0443. The van der Waals surface area contributed by atoms with Gasteiger partial charge in [0.1, 0.15) is 5.69 Å². The molecule has 2 aliphatic heterocycles. The Hall–Kier alpha value is -3.49. The molecule has 3 aromatic rings. The summed E-state index contributed by atoms with van der Waals surface area (Å²) in [5.74, 6) is 1.18. The number of nitrogens with one attached hydrogen (secondary N) is 2. The second-order valence-electron chi connectivity index (χ2n) is 8.27. The van der Waals surface area contributed by atoms with Crippen LogP contribution in [0.2, 0.25) is 0 Å². The molecule has 1 saturated heterocycles. The van der Waals surface area contributed by atoms with E-state index in [4.69, 9.17) is 0 Å². The van der Waals surface area contributed by atoms with Gasteiger partial charge in [-0.05, 0) is 30.8 Å². The number of aromatic amines is 1. The van der Waals surface area contributed by atoms with Crippen LogP contribution in [0.25, 0.3) is 11.6 Å². The van der Waals surface area contributed by atoms with E-state index in [0.29, 0.717) is 17.5 Å². The third-order valence-corrected chi connectivity index (χ3v) is 5.98. The third kappa shape index (κ3) is 4.42. The number of benzene rings is 1. The molecule has 0 saturated carbocycles. The van der Waals surface area contributed by atoms with E-state index in [1.54, 1.807) is 12.4 Å². The minimum Gasteiger partial charge on any atom is -0.492 e. The van der Waals surface area contributed by atoms with Crippen LogP contribution < -0.4 is 5.32 Å². The molecular formula is C24H27N7O. The van der Waals surface area contributed by atoms with Crippen LogP contribution in [0.15, 0.2) is 53.7 Å². The number of nitrogens with zero attached hydrogens (tertiary/aromatic N) is 5. The van der Waals surface area contributed by atoms with Crippen LogP contribution in [0.4, 0.5) is 11.8 Å².